The number of ether oxygens (including phenoxy) is 1. The first-order valence-corrected chi connectivity index (χ1v) is 7.58. The van der Waals surface area contributed by atoms with E-state index in [2.05, 4.69) is 6.07 Å². The molecule has 2 atom stereocenters. The summed E-state index contributed by atoms with van der Waals surface area (Å²) in [5.74, 6) is -0.668. The van der Waals surface area contributed by atoms with E-state index in [-0.39, 0.29) is 12.0 Å². The second-order valence-corrected chi connectivity index (χ2v) is 5.38. The Hall–Kier alpha value is -1.86. The number of benzene rings is 1. The Balaban J connectivity index is 1.98. The topological polar surface area (TPSA) is 53.3 Å². The van der Waals surface area contributed by atoms with Gasteiger partial charge in [0.05, 0.1) is 12.2 Å². The molecule has 1 fully saturated rings. The summed E-state index contributed by atoms with van der Waals surface area (Å²) in [5, 5.41) is 9.33. The molecule has 0 bridgehead atoms. The van der Waals surface area contributed by atoms with Crippen molar-refractivity contribution in [2.24, 2.45) is 5.92 Å². The standard InChI is InChI=1S/C17H22N2O2/c1-2-21-16-9-6-10-19(13-16)17(20)15(12-18)11-14-7-4-3-5-8-14/h3-5,7-8,15-16H,2,6,9-11,13H2,1H3. The van der Waals surface area contributed by atoms with Gasteiger partial charge in [-0.25, -0.2) is 0 Å². The normalized spacial score (nSPS) is 19.8. The third kappa shape index (κ3) is 4.30. The van der Waals surface area contributed by atoms with Gasteiger partial charge in [-0.2, -0.15) is 5.26 Å². The Labute approximate surface area is 126 Å². The predicted molar refractivity (Wildman–Crippen MR) is 80.5 cm³/mol. The Bertz CT molecular complexity index is 493. The molecule has 2 unspecified atom stereocenters. The number of nitriles is 1. The molecule has 0 aliphatic carbocycles. The second-order valence-electron chi connectivity index (χ2n) is 5.38. The number of carbonyl (C=O) groups is 1. The lowest BCUT2D eigenvalue weighted by Gasteiger charge is -2.33. The first-order chi connectivity index (χ1) is 10.2. The van der Waals surface area contributed by atoms with E-state index in [1.54, 1.807) is 4.90 Å². The maximum absolute atomic E-state index is 12.5. The smallest absolute Gasteiger partial charge is 0.240 e. The second kappa shape index (κ2) is 7.80. The van der Waals surface area contributed by atoms with Gasteiger partial charge in [0.25, 0.3) is 0 Å². The van der Waals surface area contributed by atoms with Crippen LogP contribution in [0.5, 0.6) is 0 Å². The quantitative estimate of drug-likeness (QED) is 0.835. The van der Waals surface area contributed by atoms with Crippen molar-refractivity contribution in [1.82, 2.24) is 4.90 Å². The van der Waals surface area contributed by atoms with E-state index in [1.165, 1.54) is 0 Å². The van der Waals surface area contributed by atoms with Crippen LogP contribution in [-0.2, 0) is 16.0 Å². The first-order valence-electron chi connectivity index (χ1n) is 7.58. The minimum atomic E-state index is -0.604. The third-order valence-electron chi connectivity index (χ3n) is 3.83. The van der Waals surface area contributed by atoms with E-state index in [1.807, 2.05) is 37.3 Å². The molecule has 4 nitrogen and oxygen atoms in total. The molecule has 1 amide bonds. The van der Waals surface area contributed by atoms with Crippen molar-refractivity contribution >= 4 is 5.91 Å². The predicted octanol–water partition coefficient (Wildman–Crippen LogP) is 2.40. The maximum Gasteiger partial charge on any atom is 0.240 e. The number of nitrogens with zero attached hydrogens (tertiary/aromatic N) is 2. The average Bonchev–Trinajstić information content (AvgIpc) is 2.53. The molecule has 1 aliphatic rings. The van der Waals surface area contributed by atoms with E-state index in [9.17, 15) is 10.1 Å². The zero-order chi connectivity index (χ0) is 15.1. The number of likely N-dealkylation sites (tertiary alicyclic amines) is 1. The van der Waals surface area contributed by atoms with Crippen LogP contribution in [0.1, 0.15) is 25.3 Å². The van der Waals surface area contributed by atoms with Crippen molar-refractivity contribution < 1.29 is 9.53 Å². The summed E-state index contributed by atoms with van der Waals surface area (Å²) in [5.41, 5.74) is 1.02. The van der Waals surface area contributed by atoms with Crippen LogP contribution in [-0.4, -0.2) is 36.6 Å². The van der Waals surface area contributed by atoms with Crippen molar-refractivity contribution in [3.63, 3.8) is 0 Å². The van der Waals surface area contributed by atoms with Crippen molar-refractivity contribution in [3.8, 4) is 6.07 Å². The Kier molecular flexibility index (Phi) is 5.77. The van der Waals surface area contributed by atoms with Crippen LogP contribution in [0.15, 0.2) is 30.3 Å². The monoisotopic (exact) mass is 286 g/mol. The largest absolute Gasteiger partial charge is 0.377 e. The molecule has 0 radical (unpaired) electrons. The summed E-state index contributed by atoms with van der Waals surface area (Å²) in [6.45, 7) is 3.97. The van der Waals surface area contributed by atoms with Crippen molar-refractivity contribution in [2.75, 3.05) is 19.7 Å². The minimum absolute atomic E-state index is 0.0641. The highest BCUT2D eigenvalue weighted by Gasteiger charge is 2.29. The molecule has 1 heterocycles. The van der Waals surface area contributed by atoms with Gasteiger partial charge in [0.1, 0.15) is 5.92 Å². The summed E-state index contributed by atoms with van der Waals surface area (Å²) in [7, 11) is 0. The number of hydrogen-bond donors (Lipinski definition) is 0. The Morgan fingerprint density at radius 1 is 1.48 bits per heavy atom. The van der Waals surface area contributed by atoms with Crippen molar-refractivity contribution in [2.45, 2.75) is 32.3 Å². The Morgan fingerprint density at radius 3 is 2.90 bits per heavy atom. The lowest BCUT2D eigenvalue weighted by atomic mass is 9.97. The SMILES string of the molecule is CCOC1CCCN(C(=O)C(C#N)Cc2ccccc2)C1. The summed E-state index contributed by atoms with van der Waals surface area (Å²) >= 11 is 0. The fraction of sp³-hybridized carbons (Fsp3) is 0.529. The van der Waals surface area contributed by atoms with Crippen LogP contribution >= 0.6 is 0 Å². The molecule has 0 aromatic heterocycles. The third-order valence-corrected chi connectivity index (χ3v) is 3.83. The highest BCUT2D eigenvalue weighted by Crippen LogP contribution is 2.18. The lowest BCUT2D eigenvalue weighted by molar-refractivity contribution is -0.137. The molecule has 0 spiro atoms. The molecule has 1 saturated heterocycles. The fourth-order valence-corrected chi connectivity index (χ4v) is 2.77. The average molecular weight is 286 g/mol. The van der Waals surface area contributed by atoms with E-state index >= 15 is 0 Å². The number of piperidine rings is 1. The van der Waals surface area contributed by atoms with Gasteiger partial charge in [-0.3, -0.25) is 4.79 Å². The van der Waals surface area contributed by atoms with Gasteiger partial charge in [-0.15, -0.1) is 0 Å². The number of amides is 1. The number of rotatable bonds is 5. The van der Waals surface area contributed by atoms with E-state index in [0.29, 0.717) is 19.6 Å². The summed E-state index contributed by atoms with van der Waals surface area (Å²) in [6.07, 6.45) is 2.53. The van der Waals surface area contributed by atoms with Gasteiger partial charge < -0.3 is 9.64 Å². The lowest BCUT2D eigenvalue weighted by Crippen LogP contribution is -2.45. The van der Waals surface area contributed by atoms with E-state index in [0.717, 1.165) is 24.9 Å². The summed E-state index contributed by atoms with van der Waals surface area (Å²) in [6, 6.07) is 11.9. The number of hydrogen-bond acceptors (Lipinski definition) is 3. The molecule has 0 N–H and O–H groups in total. The van der Waals surface area contributed by atoms with Crippen LogP contribution in [0.3, 0.4) is 0 Å². The van der Waals surface area contributed by atoms with E-state index in [4.69, 9.17) is 4.74 Å². The molecule has 4 heteroatoms. The molecular weight excluding hydrogens is 264 g/mol. The summed E-state index contributed by atoms with van der Waals surface area (Å²) < 4.78 is 5.62. The minimum Gasteiger partial charge on any atom is -0.377 e. The fourth-order valence-electron chi connectivity index (χ4n) is 2.77. The first kappa shape index (κ1) is 15.5. The molecule has 2 rings (SSSR count). The van der Waals surface area contributed by atoms with Crippen LogP contribution in [0.25, 0.3) is 0 Å². The summed E-state index contributed by atoms with van der Waals surface area (Å²) in [4.78, 5) is 14.3. The molecule has 1 aliphatic heterocycles. The van der Waals surface area contributed by atoms with E-state index < -0.39 is 5.92 Å². The van der Waals surface area contributed by atoms with Gasteiger partial charge in [0.2, 0.25) is 5.91 Å². The number of carbonyl (C=O) groups excluding carboxylic acids is 1. The highest BCUT2D eigenvalue weighted by molar-refractivity contribution is 5.81. The molecule has 112 valence electrons. The van der Waals surface area contributed by atoms with Crippen LogP contribution in [0, 0.1) is 17.2 Å². The zero-order valence-corrected chi connectivity index (χ0v) is 12.5. The van der Waals surface area contributed by atoms with Gasteiger partial charge >= 0.3 is 0 Å². The van der Waals surface area contributed by atoms with Crippen molar-refractivity contribution in [1.29, 1.82) is 5.26 Å². The van der Waals surface area contributed by atoms with Crippen LogP contribution in [0.2, 0.25) is 0 Å². The molecule has 1 aromatic rings. The molecule has 0 saturated carbocycles. The maximum atomic E-state index is 12.5. The van der Waals surface area contributed by atoms with Gasteiger partial charge in [0.15, 0.2) is 0 Å². The van der Waals surface area contributed by atoms with Gasteiger partial charge in [0, 0.05) is 19.7 Å². The van der Waals surface area contributed by atoms with Crippen molar-refractivity contribution in [3.05, 3.63) is 35.9 Å². The molecule has 1 aromatic carbocycles. The van der Waals surface area contributed by atoms with Gasteiger partial charge in [-0.05, 0) is 31.7 Å². The van der Waals surface area contributed by atoms with Gasteiger partial charge in [-0.1, -0.05) is 30.3 Å². The van der Waals surface area contributed by atoms with Crippen LogP contribution < -0.4 is 0 Å². The molecular formula is C17H22N2O2. The highest BCUT2D eigenvalue weighted by atomic mass is 16.5. The molecule has 21 heavy (non-hydrogen) atoms. The Morgan fingerprint density at radius 2 is 2.24 bits per heavy atom. The van der Waals surface area contributed by atoms with Crippen LogP contribution in [0.4, 0.5) is 0 Å². The zero-order valence-electron chi connectivity index (χ0n) is 12.5.